The summed E-state index contributed by atoms with van der Waals surface area (Å²) in [4.78, 5) is 17.1. The number of hydrogen-bond acceptors (Lipinski definition) is 3. The summed E-state index contributed by atoms with van der Waals surface area (Å²) in [6.07, 6.45) is 10.4. The molecule has 0 spiro atoms. The van der Waals surface area contributed by atoms with Crippen LogP contribution in [0.25, 0.3) is 0 Å². The molecule has 0 aliphatic heterocycles. The summed E-state index contributed by atoms with van der Waals surface area (Å²) in [5.74, 6) is 0.216. The average molecular weight is 306 g/mol. The van der Waals surface area contributed by atoms with Crippen molar-refractivity contribution in [3.05, 3.63) is 21.4 Å². The number of hydrogen-bond donors (Lipinski definition) is 1. The highest BCUT2D eigenvalue weighted by Gasteiger charge is 2.27. The molecule has 3 nitrogen and oxygen atoms in total. The normalized spacial score (nSPS) is 26.0. The topological polar surface area (TPSA) is 46.3 Å². The lowest BCUT2D eigenvalue weighted by Gasteiger charge is -2.33. The molecule has 2 aliphatic rings. The number of amides is 1. The summed E-state index contributed by atoms with van der Waals surface area (Å²) in [7, 11) is 1.97. The van der Waals surface area contributed by atoms with Gasteiger partial charge in [-0.15, -0.1) is 11.3 Å². The molecule has 21 heavy (non-hydrogen) atoms. The maximum absolute atomic E-state index is 12.7. The summed E-state index contributed by atoms with van der Waals surface area (Å²) >= 11 is 1.73. The van der Waals surface area contributed by atoms with Gasteiger partial charge in [-0.3, -0.25) is 4.79 Å². The summed E-state index contributed by atoms with van der Waals surface area (Å²) in [6.45, 7) is 0. The molecule has 0 radical (unpaired) electrons. The van der Waals surface area contributed by atoms with E-state index in [2.05, 4.69) is 6.07 Å². The third kappa shape index (κ3) is 3.32. The van der Waals surface area contributed by atoms with E-state index in [1.807, 2.05) is 11.9 Å². The van der Waals surface area contributed by atoms with Crippen LogP contribution >= 0.6 is 11.3 Å². The third-order valence-electron chi connectivity index (χ3n) is 5.07. The van der Waals surface area contributed by atoms with E-state index in [0.717, 1.165) is 43.4 Å². The van der Waals surface area contributed by atoms with E-state index < -0.39 is 0 Å². The molecule has 1 amide bonds. The minimum atomic E-state index is 0.216. The second-order valence-corrected chi connectivity index (χ2v) is 7.74. The van der Waals surface area contributed by atoms with E-state index in [1.165, 1.54) is 29.7 Å². The van der Waals surface area contributed by atoms with Gasteiger partial charge in [0, 0.05) is 24.0 Å². The first-order chi connectivity index (χ1) is 10.1. The summed E-state index contributed by atoms with van der Waals surface area (Å²) in [6, 6.07) is 2.88. The highest BCUT2D eigenvalue weighted by molar-refractivity contribution is 7.14. The predicted molar refractivity (Wildman–Crippen MR) is 87.9 cm³/mol. The molecule has 1 fully saturated rings. The van der Waals surface area contributed by atoms with E-state index in [9.17, 15) is 4.79 Å². The van der Waals surface area contributed by atoms with Gasteiger partial charge in [0.15, 0.2) is 0 Å². The number of nitrogens with two attached hydrogens (primary N) is 1. The van der Waals surface area contributed by atoms with Gasteiger partial charge in [-0.05, 0) is 63.0 Å². The van der Waals surface area contributed by atoms with Gasteiger partial charge in [-0.25, -0.2) is 0 Å². The van der Waals surface area contributed by atoms with Crippen molar-refractivity contribution in [1.82, 2.24) is 4.90 Å². The third-order valence-corrected chi connectivity index (χ3v) is 6.29. The number of nitrogens with zero attached hydrogens (tertiary/aromatic N) is 1. The highest BCUT2D eigenvalue weighted by atomic mass is 32.1. The molecule has 0 aromatic carbocycles. The van der Waals surface area contributed by atoms with Crippen molar-refractivity contribution in [1.29, 1.82) is 0 Å². The Bertz CT molecular complexity index is 479. The van der Waals surface area contributed by atoms with Crippen LogP contribution in [0.15, 0.2) is 6.07 Å². The van der Waals surface area contributed by atoms with Gasteiger partial charge >= 0.3 is 0 Å². The van der Waals surface area contributed by atoms with Gasteiger partial charge in [-0.2, -0.15) is 0 Å². The number of carbonyl (C=O) groups is 1. The molecule has 1 aromatic rings. The van der Waals surface area contributed by atoms with Crippen molar-refractivity contribution < 1.29 is 4.79 Å². The van der Waals surface area contributed by atoms with E-state index in [4.69, 9.17) is 5.73 Å². The van der Waals surface area contributed by atoms with E-state index >= 15 is 0 Å². The number of thiophene rings is 1. The van der Waals surface area contributed by atoms with Crippen LogP contribution in [0.5, 0.6) is 0 Å². The lowest BCUT2D eigenvalue weighted by molar-refractivity contribution is 0.0695. The molecule has 1 saturated carbocycles. The van der Waals surface area contributed by atoms with Crippen molar-refractivity contribution in [3.63, 3.8) is 0 Å². The van der Waals surface area contributed by atoms with Crippen molar-refractivity contribution in [3.8, 4) is 0 Å². The van der Waals surface area contributed by atoms with E-state index in [1.54, 1.807) is 11.3 Å². The largest absolute Gasteiger partial charge is 0.338 e. The molecular weight excluding hydrogens is 280 g/mol. The Morgan fingerprint density at radius 3 is 2.67 bits per heavy atom. The Morgan fingerprint density at radius 1 is 1.19 bits per heavy atom. The molecule has 3 rings (SSSR count). The minimum absolute atomic E-state index is 0.216. The van der Waals surface area contributed by atoms with Gasteiger partial charge in [-0.1, -0.05) is 6.42 Å². The Kier molecular flexibility index (Phi) is 4.65. The first-order valence-electron chi connectivity index (χ1n) is 8.29. The molecular formula is C17H26N2OS. The van der Waals surface area contributed by atoms with Crippen LogP contribution in [-0.2, 0) is 12.8 Å². The van der Waals surface area contributed by atoms with Crippen LogP contribution in [0.3, 0.4) is 0 Å². The van der Waals surface area contributed by atoms with E-state index in [0.29, 0.717) is 12.1 Å². The molecule has 1 heterocycles. The maximum Gasteiger partial charge on any atom is 0.263 e. The van der Waals surface area contributed by atoms with Gasteiger partial charge < -0.3 is 10.6 Å². The summed E-state index contributed by atoms with van der Waals surface area (Å²) in [5, 5.41) is 0. The SMILES string of the molecule is CN(C(=O)c1cc2c(s1)CCCCC2)C1CCC(N)CC1. The van der Waals surface area contributed by atoms with Gasteiger partial charge in [0.1, 0.15) is 0 Å². The first kappa shape index (κ1) is 15.0. The van der Waals surface area contributed by atoms with Crippen molar-refractivity contribution in [2.75, 3.05) is 7.05 Å². The van der Waals surface area contributed by atoms with E-state index in [-0.39, 0.29) is 5.91 Å². The van der Waals surface area contributed by atoms with Crippen molar-refractivity contribution in [2.24, 2.45) is 5.73 Å². The minimum Gasteiger partial charge on any atom is -0.338 e. The monoisotopic (exact) mass is 306 g/mol. The highest BCUT2D eigenvalue weighted by Crippen LogP contribution is 2.31. The van der Waals surface area contributed by atoms with Gasteiger partial charge in [0.25, 0.3) is 5.91 Å². The maximum atomic E-state index is 12.7. The Morgan fingerprint density at radius 2 is 1.90 bits per heavy atom. The van der Waals surface area contributed by atoms with Crippen LogP contribution in [-0.4, -0.2) is 29.9 Å². The fourth-order valence-corrected chi connectivity index (χ4v) is 4.84. The Hall–Kier alpha value is -0.870. The Balaban J connectivity index is 1.70. The average Bonchev–Trinajstić information content (AvgIpc) is 2.77. The predicted octanol–water partition coefficient (Wildman–Crippen LogP) is 3.36. The standard InChI is InChI=1S/C17H26N2OS/c1-19(14-9-7-13(18)8-10-14)17(20)16-11-12-5-3-2-4-6-15(12)21-16/h11,13-14H,2-10,18H2,1H3. The van der Waals surface area contributed by atoms with Crippen LogP contribution < -0.4 is 5.73 Å². The zero-order valence-corrected chi connectivity index (χ0v) is 13.8. The Labute approximate surface area is 131 Å². The first-order valence-corrected chi connectivity index (χ1v) is 9.11. The molecule has 2 aliphatic carbocycles. The molecule has 2 N–H and O–H groups in total. The number of carbonyl (C=O) groups excluding carboxylic acids is 1. The van der Waals surface area contributed by atoms with Crippen LogP contribution in [0.4, 0.5) is 0 Å². The summed E-state index contributed by atoms with van der Waals surface area (Å²) < 4.78 is 0. The van der Waals surface area contributed by atoms with Gasteiger partial charge in [0.05, 0.1) is 4.88 Å². The molecule has 116 valence electrons. The molecule has 0 unspecified atom stereocenters. The zero-order chi connectivity index (χ0) is 14.8. The van der Waals surface area contributed by atoms with Crippen molar-refractivity contribution in [2.45, 2.75) is 69.9 Å². The smallest absolute Gasteiger partial charge is 0.263 e. The second-order valence-electron chi connectivity index (χ2n) is 6.60. The van der Waals surface area contributed by atoms with Crippen LogP contribution in [0.2, 0.25) is 0 Å². The fourth-order valence-electron chi connectivity index (χ4n) is 3.60. The fraction of sp³-hybridized carbons (Fsp3) is 0.706. The number of rotatable bonds is 2. The zero-order valence-electron chi connectivity index (χ0n) is 12.9. The molecule has 1 aromatic heterocycles. The molecule has 4 heteroatoms. The van der Waals surface area contributed by atoms with Crippen LogP contribution in [0, 0.1) is 0 Å². The molecule has 0 atom stereocenters. The van der Waals surface area contributed by atoms with Crippen molar-refractivity contribution >= 4 is 17.2 Å². The lowest BCUT2D eigenvalue weighted by atomic mass is 9.91. The van der Waals surface area contributed by atoms with Gasteiger partial charge in [0.2, 0.25) is 0 Å². The lowest BCUT2D eigenvalue weighted by Crippen LogP contribution is -2.41. The molecule has 0 bridgehead atoms. The number of fused-ring (bicyclic) bond motifs is 1. The summed E-state index contributed by atoms with van der Waals surface area (Å²) in [5.41, 5.74) is 7.39. The second kappa shape index (κ2) is 6.49. The van der Waals surface area contributed by atoms with Crippen LogP contribution in [0.1, 0.15) is 65.1 Å². The quantitative estimate of drug-likeness (QED) is 0.852. The number of aryl methyl sites for hydroxylation is 2. The molecule has 0 saturated heterocycles.